The van der Waals surface area contributed by atoms with Crippen LogP contribution in [0.25, 0.3) is 0 Å². The minimum atomic E-state index is -1.18. The van der Waals surface area contributed by atoms with E-state index in [-0.39, 0.29) is 64.1 Å². The van der Waals surface area contributed by atoms with Gasteiger partial charge in [0.1, 0.15) is 11.5 Å². The molecule has 6 atom stereocenters. The molecule has 0 aromatic carbocycles. The van der Waals surface area contributed by atoms with Gasteiger partial charge in [-0.15, -0.1) is 11.8 Å². The second-order valence-electron chi connectivity index (χ2n) is 11.4. The summed E-state index contributed by atoms with van der Waals surface area (Å²) < 4.78 is 0. The van der Waals surface area contributed by atoms with E-state index < -0.39 is 17.8 Å². The zero-order chi connectivity index (χ0) is 27.4. The van der Waals surface area contributed by atoms with Crippen LogP contribution in [0.4, 0.5) is 0 Å². The summed E-state index contributed by atoms with van der Waals surface area (Å²) in [7, 11) is 0. The highest BCUT2D eigenvalue weighted by Gasteiger charge is 2.56. The van der Waals surface area contributed by atoms with Crippen LogP contribution in [0.1, 0.15) is 51.9 Å². The minimum absolute atomic E-state index is 0.00297. The second-order valence-corrected chi connectivity index (χ2v) is 13.1. The van der Waals surface area contributed by atoms with Crippen molar-refractivity contribution in [3.05, 3.63) is 22.8 Å². The molecule has 2 heterocycles. The minimum Gasteiger partial charge on any atom is -0.478 e. The Morgan fingerprint density at radius 3 is 2.63 bits per heavy atom. The number of nitrogens with two attached hydrogens (primary N) is 1. The summed E-state index contributed by atoms with van der Waals surface area (Å²) in [6, 6.07) is 0.295. The van der Waals surface area contributed by atoms with Crippen LogP contribution in [0.2, 0.25) is 0 Å². The number of carbonyl (C=O) groups excluding carboxylic acids is 3. The maximum Gasteiger partial charge on any atom is 0.332 e. The van der Waals surface area contributed by atoms with E-state index >= 15 is 0 Å². The molecule has 0 aromatic rings. The smallest absolute Gasteiger partial charge is 0.332 e. The van der Waals surface area contributed by atoms with Crippen LogP contribution in [0.5, 0.6) is 0 Å². The first-order valence-corrected chi connectivity index (χ1v) is 15.0. The first-order valence-electron chi connectivity index (χ1n) is 13.4. The van der Waals surface area contributed by atoms with E-state index in [9.17, 15) is 29.5 Å². The number of carboxylic acids is 1. The van der Waals surface area contributed by atoms with Crippen LogP contribution >= 0.6 is 24.4 Å². The number of rotatable bonds is 10. The number of allylic oxidation sites excluding steroid dienone is 1. The third-order valence-electron chi connectivity index (χ3n) is 9.07. The Labute approximate surface area is 231 Å². The lowest BCUT2D eigenvalue weighted by Gasteiger charge is -2.42. The fourth-order valence-corrected chi connectivity index (χ4v) is 8.21. The predicted octanol–water partition coefficient (Wildman–Crippen LogP) is 2.68. The van der Waals surface area contributed by atoms with E-state index in [1.54, 1.807) is 17.8 Å². The van der Waals surface area contributed by atoms with Gasteiger partial charge in [0.15, 0.2) is 5.78 Å². The molecule has 3 aliphatic carbocycles. The number of hydrogen-bond donors (Lipinski definition) is 4. The third kappa shape index (κ3) is 4.97. The molecule has 0 radical (unpaired) electrons. The van der Waals surface area contributed by atoms with E-state index in [0.717, 1.165) is 25.7 Å². The first-order chi connectivity index (χ1) is 18.1. The molecule has 11 heteroatoms. The highest BCUT2D eigenvalue weighted by Crippen LogP contribution is 2.57. The van der Waals surface area contributed by atoms with Crippen LogP contribution in [-0.4, -0.2) is 73.3 Å². The van der Waals surface area contributed by atoms with Crippen molar-refractivity contribution >= 4 is 53.5 Å². The lowest BCUT2D eigenvalue weighted by atomic mass is 9.59. The van der Waals surface area contributed by atoms with Gasteiger partial charge in [-0.3, -0.25) is 14.4 Å². The second kappa shape index (κ2) is 10.5. The van der Waals surface area contributed by atoms with Crippen LogP contribution in [0, 0.1) is 29.6 Å². The summed E-state index contributed by atoms with van der Waals surface area (Å²) in [5, 5.41) is 22.9. The summed E-state index contributed by atoms with van der Waals surface area (Å²) in [6.07, 6.45) is 6.17. The SMILES string of the molecule is CC1C(CCC(=O)/C(=N\O)C2CSC3(N)CC3C2)C(=O)C1/C(C(=O)O)=C(/C=C1\CCN(C2CC2)C1=O)CS. The number of Topliss-reactive ketones (excluding diaryl/α,β-unsaturated/α-hetero) is 2. The highest BCUT2D eigenvalue weighted by atomic mass is 32.2. The first kappa shape index (κ1) is 27.5. The molecule has 206 valence electrons. The van der Waals surface area contributed by atoms with Crippen LogP contribution < -0.4 is 5.73 Å². The molecule has 0 aromatic heterocycles. The molecule has 5 rings (SSSR count). The van der Waals surface area contributed by atoms with E-state index in [0.29, 0.717) is 41.8 Å². The summed E-state index contributed by atoms with van der Waals surface area (Å²) in [4.78, 5) is 52.9. The number of fused-ring (bicyclic) bond motifs is 1. The zero-order valence-electron chi connectivity index (χ0n) is 21.5. The van der Waals surface area contributed by atoms with Crippen molar-refractivity contribution in [3.63, 3.8) is 0 Å². The zero-order valence-corrected chi connectivity index (χ0v) is 23.2. The van der Waals surface area contributed by atoms with Gasteiger partial charge in [0.05, 0.1) is 16.4 Å². The number of carbonyl (C=O) groups is 4. The number of nitrogens with zero attached hydrogens (tertiary/aromatic N) is 2. The van der Waals surface area contributed by atoms with Crippen molar-refractivity contribution in [1.29, 1.82) is 0 Å². The van der Waals surface area contributed by atoms with Gasteiger partial charge in [0, 0.05) is 47.9 Å². The highest BCUT2D eigenvalue weighted by molar-refractivity contribution is 8.01. The molecule has 5 aliphatic rings. The van der Waals surface area contributed by atoms with Crippen molar-refractivity contribution < 1.29 is 29.5 Å². The van der Waals surface area contributed by atoms with Crippen molar-refractivity contribution in [2.45, 2.75) is 62.8 Å². The standard InChI is InChI=1S/C27H35N3O6S2/c1-13-19(4-5-20(31)23(29-36)16-9-17-10-27(17,28)38-12-16)24(32)21(13)22(26(34)35)15(11-37)8-14-6-7-30(25(14)33)18-2-3-18/h8,13,16-19,21,36-37H,2-7,9-12,28H2,1H3,(H,34,35)/b14-8+,22-15+,29-23-. The quantitative estimate of drug-likeness (QED) is 0.105. The summed E-state index contributed by atoms with van der Waals surface area (Å²) in [6.45, 7) is 2.47. The molecule has 0 spiro atoms. The molecule has 1 amide bonds. The molecule has 9 nitrogen and oxygen atoms in total. The Morgan fingerprint density at radius 2 is 2.05 bits per heavy atom. The Morgan fingerprint density at radius 1 is 1.32 bits per heavy atom. The fourth-order valence-electron chi connectivity index (χ4n) is 6.49. The third-order valence-corrected chi connectivity index (χ3v) is 11.0. The van der Waals surface area contributed by atoms with Gasteiger partial charge >= 0.3 is 5.97 Å². The molecular formula is C27H35N3O6S2. The number of ketones is 2. The largest absolute Gasteiger partial charge is 0.478 e. The Hall–Kier alpha value is -2.11. The molecule has 4 N–H and O–H groups in total. The Balaban J connectivity index is 1.24. The van der Waals surface area contributed by atoms with Gasteiger partial charge < -0.3 is 20.9 Å². The van der Waals surface area contributed by atoms with Gasteiger partial charge in [-0.1, -0.05) is 12.1 Å². The monoisotopic (exact) mass is 561 g/mol. The van der Waals surface area contributed by atoms with Gasteiger partial charge in [-0.2, -0.15) is 12.6 Å². The number of likely N-dealkylation sites (tertiary alicyclic amines) is 1. The number of thiol groups is 1. The maximum absolute atomic E-state index is 13.2. The molecule has 3 saturated carbocycles. The van der Waals surface area contributed by atoms with Crippen LogP contribution in [-0.2, 0) is 19.2 Å². The molecule has 38 heavy (non-hydrogen) atoms. The fraction of sp³-hybridized carbons (Fsp3) is 0.667. The maximum atomic E-state index is 13.2. The average molecular weight is 562 g/mol. The van der Waals surface area contributed by atoms with Crippen LogP contribution in [0.15, 0.2) is 28.0 Å². The summed E-state index contributed by atoms with van der Waals surface area (Å²) in [5.74, 6) is -2.35. The van der Waals surface area contributed by atoms with E-state index in [4.69, 9.17) is 5.73 Å². The normalized spacial score (nSPS) is 36.6. The summed E-state index contributed by atoms with van der Waals surface area (Å²) >= 11 is 5.95. The topological polar surface area (TPSA) is 150 Å². The number of aliphatic carboxylic acids is 1. The number of thioether (sulfide) groups is 1. The van der Waals surface area contributed by atoms with Gasteiger partial charge in [-0.05, 0) is 62.0 Å². The Bertz CT molecular complexity index is 1160. The molecule has 2 saturated heterocycles. The molecule has 0 bridgehead atoms. The van der Waals surface area contributed by atoms with Gasteiger partial charge in [0.2, 0.25) is 5.91 Å². The molecule has 6 unspecified atom stereocenters. The van der Waals surface area contributed by atoms with E-state index in [2.05, 4.69) is 17.8 Å². The van der Waals surface area contributed by atoms with Crippen molar-refractivity contribution in [2.75, 3.05) is 18.1 Å². The lowest BCUT2D eigenvalue weighted by molar-refractivity contribution is -0.145. The molecule has 5 fully saturated rings. The number of amides is 1. The van der Waals surface area contributed by atoms with Crippen molar-refractivity contribution in [1.82, 2.24) is 4.90 Å². The van der Waals surface area contributed by atoms with Crippen LogP contribution in [0.3, 0.4) is 0 Å². The van der Waals surface area contributed by atoms with Crippen molar-refractivity contribution in [3.8, 4) is 0 Å². The van der Waals surface area contributed by atoms with Crippen molar-refractivity contribution in [2.24, 2.45) is 40.5 Å². The van der Waals surface area contributed by atoms with E-state index in [1.807, 2.05) is 11.8 Å². The Kier molecular flexibility index (Phi) is 7.56. The summed E-state index contributed by atoms with van der Waals surface area (Å²) in [5.41, 5.74) is 7.32. The number of oxime groups is 1. The number of carboxylic acid groups (broad SMARTS) is 1. The molecule has 2 aliphatic heterocycles. The predicted molar refractivity (Wildman–Crippen MR) is 146 cm³/mol. The number of hydrogen-bond acceptors (Lipinski definition) is 9. The van der Waals surface area contributed by atoms with Gasteiger partial charge in [0.25, 0.3) is 0 Å². The van der Waals surface area contributed by atoms with Gasteiger partial charge in [-0.25, -0.2) is 4.79 Å². The lowest BCUT2D eigenvalue weighted by Crippen LogP contribution is -2.49. The average Bonchev–Trinajstić information content (AvgIpc) is 3.80. The molecular weight excluding hydrogens is 526 g/mol. The van der Waals surface area contributed by atoms with E-state index in [1.165, 1.54) is 0 Å².